The molecular formula is C39H60O6Si2. The third-order valence-corrected chi connectivity index (χ3v) is 22.5. The summed E-state index contributed by atoms with van der Waals surface area (Å²) < 4.78 is 20.5. The van der Waals surface area contributed by atoms with E-state index < -0.39 is 45.3 Å². The predicted molar refractivity (Wildman–Crippen MR) is 193 cm³/mol. The Hall–Kier alpha value is -1.85. The van der Waals surface area contributed by atoms with E-state index in [4.69, 9.17) is 13.6 Å². The van der Waals surface area contributed by atoms with Crippen molar-refractivity contribution in [2.45, 2.75) is 136 Å². The van der Waals surface area contributed by atoms with Gasteiger partial charge in [-0.2, -0.15) is 0 Å². The summed E-state index contributed by atoms with van der Waals surface area (Å²) in [6, 6.07) is 8.87. The molecule has 8 heteroatoms. The normalized spacial score (nSPS) is 35.2. The Kier molecular flexibility index (Phi) is 8.59. The highest BCUT2D eigenvalue weighted by molar-refractivity contribution is 6.74. The number of fused-ring (bicyclic) bond motifs is 3. The van der Waals surface area contributed by atoms with Crippen LogP contribution in [0.15, 0.2) is 53.6 Å². The van der Waals surface area contributed by atoms with Crippen molar-refractivity contribution in [2.24, 2.45) is 28.6 Å². The van der Waals surface area contributed by atoms with Gasteiger partial charge < -0.3 is 18.7 Å². The Morgan fingerprint density at radius 2 is 1.53 bits per heavy atom. The number of benzene rings is 1. The number of ketones is 1. The lowest BCUT2D eigenvalue weighted by molar-refractivity contribution is -0.153. The minimum atomic E-state index is -2.25. The van der Waals surface area contributed by atoms with Gasteiger partial charge in [-0.15, -0.1) is 0 Å². The molecule has 1 N–H and O–H groups in total. The maximum Gasteiger partial charge on any atom is 0.338 e. The van der Waals surface area contributed by atoms with Crippen LogP contribution in [0.2, 0.25) is 36.3 Å². The molecule has 5 rings (SSSR count). The minimum Gasteiger partial charge on any atom is -0.451 e. The van der Waals surface area contributed by atoms with E-state index in [9.17, 15) is 9.90 Å². The highest BCUT2D eigenvalue weighted by Crippen LogP contribution is 2.76. The molecule has 2 fully saturated rings. The summed E-state index contributed by atoms with van der Waals surface area (Å²) >= 11 is 0. The van der Waals surface area contributed by atoms with Crippen molar-refractivity contribution in [1.29, 1.82) is 0 Å². The highest BCUT2D eigenvalue weighted by atomic mass is 28.4. The standard InChI is InChI=1S/C39H60O6Si2/c1-25-21-37-26(2)22-39(45-47(13,14)35(6,7)8)30(36(39,9)10)29(31(37)40)20-27(24-43-46(11,12)34(3,4)5)23-38(37,42)32(25)44-33(41)28-18-16-15-17-19-28/h15-19,21,23,26,29-30,32,42H,20,22,24H2,1-14H3/t26-,29+,30-,32+,37+,38+,39+/m1/s1. The number of rotatable bonds is 7. The summed E-state index contributed by atoms with van der Waals surface area (Å²) in [6.45, 7) is 31.4. The largest absolute Gasteiger partial charge is 0.451 e. The van der Waals surface area contributed by atoms with Crippen LogP contribution in [-0.4, -0.2) is 57.4 Å². The van der Waals surface area contributed by atoms with Gasteiger partial charge in [0, 0.05) is 11.8 Å². The topological polar surface area (TPSA) is 82.1 Å². The molecule has 0 amide bonds. The lowest BCUT2D eigenvalue weighted by Crippen LogP contribution is -2.59. The van der Waals surface area contributed by atoms with Gasteiger partial charge in [-0.05, 0) is 96.7 Å². The van der Waals surface area contributed by atoms with Crippen LogP contribution < -0.4 is 0 Å². The van der Waals surface area contributed by atoms with Gasteiger partial charge in [-0.1, -0.05) is 86.6 Å². The number of hydrogen-bond donors (Lipinski definition) is 1. The van der Waals surface area contributed by atoms with E-state index in [1.807, 2.05) is 25.1 Å². The lowest BCUT2D eigenvalue weighted by Gasteiger charge is -2.47. The van der Waals surface area contributed by atoms with E-state index in [1.54, 1.807) is 24.3 Å². The van der Waals surface area contributed by atoms with Crippen molar-refractivity contribution >= 4 is 28.4 Å². The molecule has 0 heterocycles. The molecule has 0 unspecified atom stereocenters. The minimum absolute atomic E-state index is 0.00182. The van der Waals surface area contributed by atoms with E-state index in [1.165, 1.54) is 0 Å². The van der Waals surface area contributed by atoms with E-state index in [0.717, 1.165) is 5.57 Å². The first-order valence-corrected chi connectivity index (χ1v) is 23.4. The molecule has 2 bridgehead atoms. The molecule has 4 aliphatic rings. The summed E-state index contributed by atoms with van der Waals surface area (Å²) in [5.74, 6) is -1.11. The van der Waals surface area contributed by atoms with Crippen molar-refractivity contribution < 1.29 is 28.3 Å². The molecular weight excluding hydrogens is 621 g/mol. The molecule has 1 aromatic carbocycles. The Morgan fingerprint density at radius 3 is 2.09 bits per heavy atom. The monoisotopic (exact) mass is 680 g/mol. The van der Waals surface area contributed by atoms with Crippen molar-refractivity contribution in [3.8, 4) is 0 Å². The molecule has 0 saturated heterocycles. The average Bonchev–Trinajstić information content (AvgIpc) is 3.35. The van der Waals surface area contributed by atoms with E-state index in [2.05, 4.69) is 88.5 Å². The molecule has 47 heavy (non-hydrogen) atoms. The lowest BCUT2D eigenvalue weighted by atomic mass is 9.60. The molecule has 7 atom stereocenters. The molecule has 260 valence electrons. The van der Waals surface area contributed by atoms with Crippen molar-refractivity contribution in [3.05, 3.63) is 59.2 Å². The molecule has 1 aromatic rings. The van der Waals surface area contributed by atoms with Gasteiger partial charge >= 0.3 is 5.97 Å². The van der Waals surface area contributed by atoms with Gasteiger partial charge in [0.2, 0.25) is 0 Å². The fourth-order valence-electron chi connectivity index (χ4n) is 8.73. The number of hydrogen-bond acceptors (Lipinski definition) is 6. The molecule has 1 spiro atoms. The van der Waals surface area contributed by atoms with Crippen LogP contribution >= 0.6 is 0 Å². The second kappa shape index (κ2) is 11.1. The predicted octanol–water partition coefficient (Wildman–Crippen LogP) is 8.88. The van der Waals surface area contributed by atoms with Gasteiger partial charge in [0.1, 0.15) is 11.4 Å². The molecule has 0 radical (unpaired) electrons. The van der Waals surface area contributed by atoms with E-state index >= 15 is 4.79 Å². The fraction of sp³-hybridized carbons (Fsp3) is 0.692. The first kappa shape index (κ1) is 36.4. The van der Waals surface area contributed by atoms with Gasteiger partial charge in [0.25, 0.3) is 0 Å². The zero-order chi connectivity index (χ0) is 35.4. The van der Waals surface area contributed by atoms with Gasteiger partial charge in [0.05, 0.1) is 23.2 Å². The molecule has 0 aliphatic heterocycles. The maximum absolute atomic E-state index is 15.4. The molecule has 4 aliphatic carbocycles. The second-order valence-electron chi connectivity index (χ2n) is 18.8. The summed E-state index contributed by atoms with van der Waals surface area (Å²) in [7, 11) is -4.42. The zero-order valence-electron chi connectivity index (χ0n) is 31.5. The Morgan fingerprint density at radius 1 is 0.957 bits per heavy atom. The number of Topliss-reactive ketones (excluding diaryl/α,β-unsaturated/α-hetero) is 1. The van der Waals surface area contributed by atoms with Gasteiger partial charge in [0.15, 0.2) is 22.7 Å². The van der Waals surface area contributed by atoms with Crippen molar-refractivity contribution in [2.75, 3.05) is 6.61 Å². The average molecular weight is 681 g/mol. The SMILES string of the molecule is CC1=C[C@]23C(=O)[C@@H](CC(CO[Si](C)(C)C(C)(C)C)=C[C@]2(O)[C@H]1OC(=O)c1ccccc1)[C@@H]1C(C)(C)[C@]1(O[Si](C)(C)C(C)(C)C)C[C@H]3C. The van der Waals surface area contributed by atoms with Crippen LogP contribution in [0.25, 0.3) is 0 Å². The van der Waals surface area contributed by atoms with Crippen LogP contribution in [0.3, 0.4) is 0 Å². The van der Waals surface area contributed by atoms with Crippen LogP contribution in [-0.2, 0) is 18.4 Å². The Labute approximate surface area is 286 Å². The highest BCUT2D eigenvalue weighted by Gasteiger charge is 2.82. The first-order chi connectivity index (χ1) is 21.3. The molecule has 0 aromatic heterocycles. The van der Waals surface area contributed by atoms with E-state index in [-0.39, 0.29) is 39.0 Å². The Balaban J connectivity index is 1.66. The first-order valence-electron chi connectivity index (χ1n) is 17.6. The summed E-state index contributed by atoms with van der Waals surface area (Å²) in [4.78, 5) is 28.9. The quantitative estimate of drug-likeness (QED) is 0.176. The number of ether oxygens (including phenoxy) is 1. The molecule has 2 saturated carbocycles. The summed E-state index contributed by atoms with van der Waals surface area (Å²) in [6.07, 6.45) is 3.97. The second-order valence-corrected chi connectivity index (χ2v) is 28.4. The number of carbonyl (C=O) groups excluding carboxylic acids is 2. The number of aliphatic hydroxyl groups is 1. The van der Waals surface area contributed by atoms with Crippen LogP contribution in [0.4, 0.5) is 0 Å². The fourth-order valence-corrected chi connectivity index (χ4v) is 11.4. The zero-order valence-corrected chi connectivity index (χ0v) is 33.5. The van der Waals surface area contributed by atoms with Crippen molar-refractivity contribution in [3.63, 3.8) is 0 Å². The summed E-state index contributed by atoms with van der Waals surface area (Å²) in [5.41, 5.74) is -1.74. The number of esters is 1. The Bertz CT molecular complexity index is 1500. The maximum atomic E-state index is 15.4. The van der Waals surface area contributed by atoms with Gasteiger partial charge in [-0.3, -0.25) is 4.79 Å². The van der Waals surface area contributed by atoms with Crippen molar-refractivity contribution in [1.82, 2.24) is 0 Å². The van der Waals surface area contributed by atoms with Crippen LogP contribution in [0, 0.1) is 28.6 Å². The summed E-state index contributed by atoms with van der Waals surface area (Å²) in [5, 5.41) is 13.2. The van der Waals surface area contributed by atoms with E-state index in [0.29, 0.717) is 30.6 Å². The van der Waals surface area contributed by atoms with Crippen LogP contribution in [0.5, 0.6) is 0 Å². The molecule has 6 nitrogen and oxygen atoms in total. The van der Waals surface area contributed by atoms with Gasteiger partial charge in [-0.25, -0.2) is 4.79 Å². The third kappa shape index (κ3) is 5.35. The number of carbonyl (C=O) groups is 2. The third-order valence-electron chi connectivity index (χ3n) is 13.6. The van der Waals surface area contributed by atoms with Crippen LogP contribution in [0.1, 0.15) is 92.4 Å². The smallest absolute Gasteiger partial charge is 0.338 e.